The van der Waals surface area contributed by atoms with Crippen LogP contribution in [0.2, 0.25) is 0 Å². The molecule has 0 fully saturated rings. The summed E-state index contributed by atoms with van der Waals surface area (Å²) < 4.78 is 15.3. The smallest absolute Gasteiger partial charge is 0.317 e. The standard InChI is InChI=1S/C13H13FN2O2/c14-10-1-2-12-9(5-10)6-11-7-15(8-13(17)18)3-4-16(11)12/h1-2,5-6H,3-4,7-8H2,(H,17,18). The van der Waals surface area contributed by atoms with E-state index in [0.29, 0.717) is 13.1 Å². The number of benzene rings is 1. The molecule has 3 rings (SSSR count). The van der Waals surface area contributed by atoms with Crippen molar-refractivity contribution in [2.75, 3.05) is 13.1 Å². The maximum atomic E-state index is 13.2. The Balaban J connectivity index is 1.97. The molecule has 0 spiro atoms. The van der Waals surface area contributed by atoms with Crippen LogP contribution in [0.25, 0.3) is 10.9 Å². The first-order chi connectivity index (χ1) is 8.63. The molecule has 0 saturated carbocycles. The number of rotatable bonds is 2. The molecule has 1 aliphatic rings. The highest BCUT2D eigenvalue weighted by molar-refractivity contribution is 5.81. The normalized spacial score (nSPS) is 15.8. The maximum absolute atomic E-state index is 13.2. The molecule has 4 nitrogen and oxygen atoms in total. The number of fused-ring (bicyclic) bond motifs is 3. The number of nitrogens with zero attached hydrogens (tertiary/aromatic N) is 2. The molecule has 0 saturated heterocycles. The van der Waals surface area contributed by atoms with Crippen molar-refractivity contribution < 1.29 is 14.3 Å². The lowest BCUT2D eigenvalue weighted by atomic mass is 10.2. The highest BCUT2D eigenvalue weighted by atomic mass is 19.1. The molecule has 5 heteroatoms. The van der Waals surface area contributed by atoms with Crippen molar-refractivity contribution in [3.63, 3.8) is 0 Å². The van der Waals surface area contributed by atoms with Crippen molar-refractivity contribution in [3.8, 4) is 0 Å². The van der Waals surface area contributed by atoms with Crippen LogP contribution in [0.3, 0.4) is 0 Å². The Bertz CT molecular complexity index is 621. The molecular formula is C13H13FN2O2. The van der Waals surface area contributed by atoms with Crippen LogP contribution in [0.15, 0.2) is 24.3 Å². The van der Waals surface area contributed by atoms with Gasteiger partial charge in [-0.05, 0) is 24.3 Å². The van der Waals surface area contributed by atoms with Crippen molar-refractivity contribution in [1.82, 2.24) is 9.47 Å². The third kappa shape index (κ3) is 1.86. The molecular weight excluding hydrogens is 235 g/mol. The highest BCUT2D eigenvalue weighted by Crippen LogP contribution is 2.24. The SMILES string of the molecule is O=C(O)CN1CCn2c(cc3cc(F)ccc32)C1. The van der Waals surface area contributed by atoms with Gasteiger partial charge < -0.3 is 9.67 Å². The van der Waals surface area contributed by atoms with Gasteiger partial charge in [0.1, 0.15) is 5.82 Å². The van der Waals surface area contributed by atoms with Crippen molar-refractivity contribution in [1.29, 1.82) is 0 Å². The summed E-state index contributed by atoms with van der Waals surface area (Å²) in [5.74, 6) is -1.06. The first-order valence-electron chi connectivity index (χ1n) is 5.85. The summed E-state index contributed by atoms with van der Waals surface area (Å²) in [6.07, 6.45) is 0. The van der Waals surface area contributed by atoms with E-state index in [-0.39, 0.29) is 12.4 Å². The molecule has 1 aromatic heterocycles. The summed E-state index contributed by atoms with van der Waals surface area (Å²) in [5, 5.41) is 9.67. The first-order valence-corrected chi connectivity index (χ1v) is 5.85. The fraction of sp³-hybridized carbons (Fsp3) is 0.308. The van der Waals surface area contributed by atoms with Gasteiger partial charge in [0.15, 0.2) is 0 Å². The van der Waals surface area contributed by atoms with Crippen LogP contribution in [0.1, 0.15) is 5.69 Å². The summed E-state index contributed by atoms with van der Waals surface area (Å²) >= 11 is 0. The number of halogens is 1. The molecule has 18 heavy (non-hydrogen) atoms. The minimum absolute atomic E-state index is 0.0515. The Morgan fingerprint density at radius 1 is 1.33 bits per heavy atom. The number of hydrogen-bond donors (Lipinski definition) is 1. The van der Waals surface area contributed by atoms with Gasteiger partial charge in [0.05, 0.1) is 6.54 Å². The molecule has 2 heterocycles. The van der Waals surface area contributed by atoms with Gasteiger partial charge in [-0.3, -0.25) is 9.69 Å². The predicted octanol–water partition coefficient (Wildman–Crippen LogP) is 1.68. The molecule has 1 N–H and O–H groups in total. The molecule has 1 aromatic carbocycles. The molecule has 0 radical (unpaired) electrons. The number of carbonyl (C=O) groups is 1. The molecule has 94 valence electrons. The van der Waals surface area contributed by atoms with Crippen molar-refractivity contribution in [3.05, 3.63) is 35.8 Å². The fourth-order valence-corrected chi connectivity index (χ4v) is 2.57. The second kappa shape index (κ2) is 4.10. The molecule has 0 aliphatic carbocycles. The lowest BCUT2D eigenvalue weighted by Crippen LogP contribution is -2.36. The lowest BCUT2D eigenvalue weighted by Gasteiger charge is -2.27. The van der Waals surface area contributed by atoms with Gasteiger partial charge in [0.2, 0.25) is 0 Å². The molecule has 1 aliphatic heterocycles. The first kappa shape index (κ1) is 11.2. The minimum Gasteiger partial charge on any atom is -0.480 e. The topological polar surface area (TPSA) is 45.5 Å². The average Bonchev–Trinajstić information content (AvgIpc) is 2.64. The lowest BCUT2D eigenvalue weighted by molar-refractivity contribution is -0.138. The Morgan fingerprint density at radius 3 is 2.94 bits per heavy atom. The highest BCUT2D eigenvalue weighted by Gasteiger charge is 2.20. The molecule has 2 aromatic rings. The van der Waals surface area contributed by atoms with Crippen LogP contribution in [-0.4, -0.2) is 33.6 Å². The fourth-order valence-electron chi connectivity index (χ4n) is 2.57. The Morgan fingerprint density at radius 2 is 2.17 bits per heavy atom. The zero-order valence-corrected chi connectivity index (χ0v) is 9.77. The quantitative estimate of drug-likeness (QED) is 0.879. The van der Waals surface area contributed by atoms with Gasteiger partial charge in [-0.25, -0.2) is 4.39 Å². The number of aromatic nitrogens is 1. The van der Waals surface area contributed by atoms with E-state index in [1.807, 2.05) is 11.0 Å². The van der Waals surface area contributed by atoms with Gasteiger partial charge in [0, 0.05) is 36.2 Å². The van der Waals surface area contributed by atoms with E-state index in [0.717, 1.165) is 23.1 Å². The maximum Gasteiger partial charge on any atom is 0.317 e. The van der Waals surface area contributed by atoms with E-state index in [1.165, 1.54) is 12.1 Å². The van der Waals surface area contributed by atoms with Crippen molar-refractivity contribution in [2.45, 2.75) is 13.1 Å². The van der Waals surface area contributed by atoms with Crippen LogP contribution in [0.5, 0.6) is 0 Å². The van der Waals surface area contributed by atoms with E-state index in [1.54, 1.807) is 6.07 Å². The van der Waals surface area contributed by atoms with E-state index < -0.39 is 5.97 Å². The zero-order valence-electron chi connectivity index (χ0n) is 9.77. The largest absolute Gasteiger partial charge is 0.480 e. The molecule has 0 bridgehead atoms. The van der Waals surface area contributed by atoms with Gasteiger partial charge in [-0.1, -0.05) is 0 Å². The third-order valence-corrected chi connectivity index (χ3v) is 3.33. The van der Waals surface area contributed by atoms with E-state index in [4.69, 9.17) is 5.11 Å². The Hall–Kier alpha value is -1.88. The second-order valence-electron chi connectivity index (χ2n) is 4.59. The van der Waals surface area contributed by atoms with E-state index in [2.05, 4.69) is 4.57 Å². The van der Waals surface area contributed by atoms with Crippen LogP contribution in [0.4, 0.5) is 4.39 Å². The number of hydrogen-bond acceptors (Lipinski definition) is 2. The summed E-state index contributed by atoms with van der Waals surface area (Å²) in [5.41, 5.74) is 2.06. The van der Waals surface area contributed by atoms with Crippen LogP contribution in [-0.2, 0) is 17.9 Å². The van der Waals surface area contributed by atoms with Gasteiger partial charge in [-0.2, -0.15) is 0 Å². The molecule has 0 amide bonds. The predicted molar refractivity (Wildman–Crippen MR) is 64.8 cm³/mol. The van der Waals surface area contributed by atoms with Crippen LogP contribution >= 0.6 is 0 Å². The zero-order chi connectivity index (χ0) is 12.7. The number of carboxylic acid groups (broad SMARTS) is 1. The van der Waals surface area contributed by atoms with Crippen molar-refractivity contribution >= 4 is 16.9 Å². The van der Waals surface area contributed by atoms with E-state index in [9.17, 15) is 9.18 Å². The van der Waals surface area contributed by atoms with E-state index >= 15 is 0 Å². The van der Waals surface area contributed by atoms with Gasteiger partial charge in [-0.15, -0.1) is 0 Å². The third-order valence-electron chi connectivity index (χ3n) is 3.33. The Kier molecular flexibility index (Phi) is 2.56. The van der Waals surface area contributed by atoms with Crippen LogP contribution < -0.4 is 0 Å². The number of aliphatic carboxylic acids is 1. The summed E-state index contributed by atoms with van der Waals surface area (Å²) in [6, 6.07) is 6.69. The number of carboxylic acids is 1. The minimum atomic E-state index is -0.814. The van der Waals surface area contributed by atoms with Crippen molar-refractivity contribution in [2.24, 2.45) is 0 Å². The Labute approximate surface area is 103 Å². The monoisotopic (exact) mass is 248 g/mol. The van der Waals surface area contributed by atoms with Gasteiger partial charge >= 0.3 is 5.97 Å². The molecule has 0 unspecified atom stereocenters. The summed E-state index contributed by atoms with van der Waals surface area (Å²) in [4.78, 5) is 12.6. The summed E-state index contributed by atoms with van der Waals surface area (Å²) in [6.45, 7) is 2.11. The summed E-state index contributed by atoms with van der Waals surface area (Å²) in [7, 11) is 0. The molecule has 0 atom stereocenters. The average molecular weight is 248 g/mol. The second-order valence-corrected chi connectivity index (χ2v) is 4.59. The van der Waals surface area contributed by atoms with Crippen LogP contribution in [0, 0.1) is 5.82 Å². The van der Waals surface area contributed by atoms with Gasteiger partial charge in [0.25, 0.3) is 0 Å².